The lowest BCUT2D eigenvalue weighted by Gasteiger charge is -2.56. The molecule has 0 aromatic rings. The third kappa shape index (κ3) is 0.805. The molecule has 0 aromatic carbocycles. The maximum Gasteiger partial charge on any atom is 0.306 e. The average Bonchev–Trinajstić information content (AvgIpc) is 1.81. The zero-order chi connectivity index (χ0) is 8.06. The molecular weight excluding hydrogens is 144 g/mol. The lowest BCUT2D eigenvalue weighted by molar-refractivity contribution is -0.173. The molecule has 3 nitrogen and oxygen atoms in total. The van der Waals surface area contributed by atoms with Crippen molar-refractivity contribution in [2.24, 2.45) is 11.3 Å². The molecule has 2 fully saturated rings. The van der Waals surface area contributed by atoms with Gasteiger partial charge in [-0.1, -0.05) is 0 Å². The zero-order valence-electron chi connectivity index (χ0n) is 6.29. The number of carboxylic acids is 1. The van der Waals surface area contributed by atoms with Crippen LogP contribution in [-0.4, -0.2) is 22.3 Å². The van der Waals surface area contributed by atoms with E-state index in [4.69, 9.17) is 5.11 Å². The third-order valence-corrected chi connectivity index (χ3v) is 3.28. The summed E-state index contributed by atoms with van der Waals surface area (Å²) in [6, 6.07) is 0. The summed E-state index contributed by atoms with van der Waals surface area (Å²) in [5, 5.41) is 17.9. The number of aliphatic carboxylic acids is 1. The summed E-state index contributed by atoms with van der Waals surface area (Å²) >= 11 is 0. The quantitative estimate of drug-likeness (QED) is 0.585. The van der Waals surface area contributed by atoms with E-state index in [1.54, 1.807) is 0 Å². The standard InChI is InChI=1S/C8H12O3/c9-6-1-2-8(6)3-5(4-8)7(10)11/h5-6,9H,1-4H2,(H,10,11). The summed E-state index contributed by atoms with van der Waals surface area (Å²) in [7, 11) is 0. The van der Waals surface area contributed by atoms with E-state index >= 15 is 0 Å². The Hall–Kier alpha value is -0.570. The van der Waals surface area contributed by atoms with Crippen molar-refractivity contribution in [2.75, 3.05) is 0 Å². The Morgan fingerprint density at radius 2 is 2.09 bits per heavy atom. The molecule has 0 aliphatic heterocycles. The van der Waals surface area contributed by atoms with E-state index in [0.29, 0.717) is 12.8 Å². The highest BCUT2D eigenvalue weighted by Gasteiger charge is 2.56. The van der Waals surface area contributed by atoms with Gasteiger partial charge in [0.1, 0.15) is 0 Å². The number of rotatable bonds is 1. The molecule has 1 atom stereocenters. The van der Waals surface area contributed by atoms with Gasteiger partial charge in [0.15, 0.2) is 0 Å². The second kappa shape index (κ2) is 1.97. The molecule has 2 N–H and O–H groups in total. The van der Waals surface area contributed by atoms with E-state index in [9.17, 15) is 9.90 Å². The molecule has 0 aromatic heterocycles. The highest BCUT2D eigenvalue weighted by Crippen LogP contribution is 2.58. The average molecular weight is 156 g/mol. The van der Waals surface area contributed by atoms with Crippen molar-refractivity contribution in [3.8, 4) is 0 Å². The van der Waals surface area contributed by atoms with Crippen LogP contribution in [0.15, 0.2) is 0 Å². The molecule has 2 rings (SSSR count). The maximum atomic E-state index is 10.4. The normalized spacial score (nSPS) is 48.1. The van der Waals surface area contributed by atoms with Crippen LogP contribution in [0.1, 0.15) is 25.7 Å². The Kier molecular flexibility index (Phi) is 1.27. The van der Waals surface area contributed by atoms with Crippen LogP contribution in [-0.2, 0) is 4.79 Å². The van der Waals surface area contributed by atoms with Gasteiger partial charge < -0.3 is 10.2 Å². The SMILES string of the molecule is O=C(O)C1CC2(CCC2O)C1. The summed E-state index contributed by atoms with van der Waals surface area (Å²) in [5.74, 6) is -0.875. The van der Waals surface area contributed by atoms with E-state index in [0.717, 1.165) is 12.8 Å². The van der Waals surface area contributed by atoms with Crippen LogP contribution in [0, 0.1) is 11.3 Å². The summed E-state index contributed by atoms with van der Waals surface area (Å²) < 4.78 is 0. The minimum atomic E-state index is -0.699. The maximum absolute atomic E-state index is 10.4. The van der Waals surface area contributed by atoms with Crippen LogP contribution in [0.2, 0.25) is 0 Å². The lowest BCUT2D eigenvalue weighted by Crippen LogP contribution is -2.55. The van der Waals surface area contributed by atoms with Gasteiger partial charge in [-0.2, -0.15) is 0 Å². The molecule has 1 spiro atoms. The van der Waals surface area contributed by atoms with Crippen LogP contribution in [0.5, 0.6) is 0 Å². The lowest BCUT2D eigenvalue weighted by atomic mass is 9.50. The molecule has 1 unspecified atom stereocenters. The molecule has 0 radical (unpaired) electrons. The third-order valence-electron chi connectivity index (χ3n) is 3.28. The number of hydrogen-bond acceptors (Lipinski definition) is 2. The molecule has 2 aliphatic carbocycles. The van der Waals surface area contributed by atoms with Crippen LogP contribution in [0.3, 0.4) is 0 Å². The van der Waals surface area contributed by atoms with Crippen LogP contribution >= 0.6 is 0 Å². The first-order chi connectivity index (χ1) is 5.14. The first kappa shape index (κ1) is 7.10. The van der Waals surface area contributed by atoms with Crippen molar-refractivity contribution >= 4 is 5.97 Å². The Bertz CT molecular complexity index is 194. The predicted molar refractivity (Wildman–Crippen MR) is 38.0 cm³/mol. The molecule has 0 saturated heterocycles. The van der Waals surface area contributed by atoms with Gasteiger partial charge in [0.2, 0.25) is 0 Å². The second-order valence-electron chi connectivity index (χ2n) is 3.86. The van der Waals surface area contributed by atoms with Crippen LogP contribution < -0.4 is 0 Å². The summed E-state index contributed by atoms with van der Waals surface area (Å²) in [6.45, 7) is 0. The molecule has 11 heavy (non-hydrogen) atoms. The molecule has 0 amide bonds. The molecule has 0 bridgehead atoms. The molecule has 0 heterocycles. The summed E-state index contributed by atoms with van der Waals surface area (Å²) in [6.07, 6.45) is 3.08. The first-order valence-corrected chi connectivity index (χ1v) is 4.05. The van der Waals surface area contributed by atoms with E-state index < -0.39 is 5.97 Å². The van der Waals surface area contributed by atoms with Crippen LogP contribution in [0.25, 0.3) is 0 Å². The monoisotopic (exact) mass is 156 g/mol. The fraction of sp³-hybridized carbons (Fsp3) is 0.875. The largest absolute Gasteiger partial charge is 0.481 e. The molecule has 62 valence electrons. The Labute approximate surface area is 65.0 Å². The van der Waals surface area contributed by atoms with Gasteiger partial charge in [-0.25, -0.2) is 0 Å². The number of carbonyl (C=O) groups is 1. The minimum Gasteiger partial charge on any atom is -0.481 e. The Morgan fingerprint density at radius 1 is 1.45 bits per heavy atom. The van der Waals surface area contributed by atoms with E-state index in [2.05, 4.69) is 0 Å². The molecule has 3 heteroatoms. The number of aliphatic hydroxyl groups is 1. The van der Waals surface area contributed by atoms with Gasteiger partial charge in [0.25, 0.3) is 0 Å². The van der Waals surface area contributed by atoms with Gasteiger partial charge in [0.05, 0.1) is 12.0 Å². The van der Waals surface area contributed by atoms with E-state index in [1.165, 1.54) is 0 Å². The van der Waals surface area contributed by atoms with Crippen LogP contribution in [0.4, 0.5) is 0 Å². The van der Waals surface area contributed by atoms with E-state index in [1.807, 2.05) is 0 Å². The van der Waals surface area contributed by atoms with Crippen molar-refractivity contribution in [1.82, 2.24) is 0 Å². The summed E-state index contributed by atoms with van der Waals surface area (Å²) in [5.41, 5.74) is 0.0308. The molecule has 2 saturated carbocycles. The van der Waals surface area contributed by atoms with Crippen molar-refractivity contribution in [2.45, 2.75) is 31.8 Å². The predicted octanol–water partition coefficient (Wildman–Crippen LogP) is 0.622. The first-order valence-electron chi connectivity index (χ1n) is 4.05. The van der Waals surface area contributed by atoms with Gasteiger partial charge in [-0.15, -0.1) is 0 Å². The zero-order valence-corrected chi connectivity index (χ0v) is 6.29. The highest BCUT2D eigenvalue weighted by molar-refractivity contribution is 5.71. The molecular formula is C8H12O3. The van der Waals surface area contributed by atoms with E-state index in [-0.39, 0.29) is 17.4 Å². The highest BCUT2D eigenvalue weighted by atomic mass is 16.4. The fourth-order valence-electron chi connectivity index (χ4n) is 2.25. The topological polar surface area (TPSA) is 57.5 Å². The fourth-order valence-corrected chi connectivity index (χ4v) is 2.25. The van der Waals surface area contributed by atoms with Crippen molar-refractivity contribution in [1.29, 1.82) is 0 Å². The number of aliphatic hydroxyl groups excluding tert-OH is 1. The smallest absolute Gasteiger partial charge is 0.306 e. The molecule has 2 aliphatic rings. The van der Waals surface area contributed by atoms with Crippen molar-refractivity contribution in [3.05, 3.63) is 0 Å². The van der Waals surface area contributed by atoms with Gasteiger partial charge >= 0.3 is 5.97 Å². The number of carboxylic acid groups (broad SMARTS) is 1. The Morgan fingerprint density at radius 3 is 2.36 bits per heavy atom. The summed E-state index contributed by atoms with van der Waals surface area (Å²) in [4.78, 5) is 10.4. The Balaban J connectivity index is 1.92. The minimum absolute atomic E-state index is 0.0308. The second-order valence-corrected chi connectivity index (χ2v) is 3.86. The van der Waals surface area contributed by atoms with Crippen molar-refractivity contribution < 1.29 is 15.0 Å². The van der Waals surface area contributed by atoms with Gasteiger partial charge in [0, 0.05) is 0 Å². The van der Waals surface area contributed by atoms with Gasteiger partial charge in [-0.05, 0) is 31.1 Å². The number of hydrogen-bond donors (Lipinski definition) is 2. The van der Waals surface area contributed by atoms with Gasteiger partial charge in [-0.3, -0.25) is 4.79 Å². The van der Waals surface area contributed by atoms with Crippen molar-refractivity contribution in [3.63, 3.8) is 0 Å².